The van der Waals surface area contributed by atoms with Crippen molar-refractivity contribution in [1.82, 2.24) is 4.90 Å². The van der Waals surface area contributed by atoms with E-state index in [1.165, 1.54) is 0 Å². The van der Waals surface area contributed by atoms with Gasteiger partial charge in [-0.15, -0.1) is 0 Å². The van der Waals surface area contributed by atoms with Crippen LogP contribution < -0.4 is 0 Å². The number of allylic oxidation sites excluding steroid dienone is 3. The van der Waals surface area contributed by atoms with Crippen LogP contribution in [0.3, 0.4) is 0 Å². The molecule has 0 rings (SSSR count). The number of rotatable bonds is 6. The van der Waals surface area contributed by atoms with Gasteiger partial charge in [-0.05, 0) is 19.1 Å². The molecule has 0 aliphatic rings. The molecule has 0 fully saturated rings. The molecule has 0 atom stereocenters. The van der Waals surface area contributed by atoms with E-state index in [-0.39, 0.29) is 6.54 Å². The highest BCUT2D eigenvalue weighted by Gasteiger charge is 2.07. The Labute approximate surface area is 78.7 Å². The summed E-state index contributed by atoms with van der Waals surface area (Å²) < 4.78 is 0. The number of nitrogens with zero attached hydrogens (tertiary/aromatic N) is 1. The van der Waals surface area contributed by atoms with E-state index in [0.717, 1.165) is 5.70 Å². The van der Waals surface area contributed by atoms with Gasteiger partial charge in [0.1, 0.15) is 6.54 Å². The minimum absolute atomic E-state index is 0.0117. The van der Waals surface area contributed by atoms with Gasteiger partial charge in [-0.1, -0.05) is 19.2 Å². The first-order chi connectivity index (χ1) is 6.15. The summed E-state index contributed by atoms with van der Waals surface area (Å²) in [6.45, 7) is 9.67. The molecule has 0 spiro atoms. The summed E-state index contributed by atoms with van der Waals surface area (Å²) in [5, 5.41) is 8.60. The monoisotopic (exact) mass is 181 g/mol. The first-order valence-corrected chi connectivity index (χ1v) is 4.07. The molecule has 0 unspecified atom stereocenters. The molecule has 1 N–H and O–H groups in total. The molecule has 0 aromatic rings. The van der Waals surface area contributed by atoms with E-state index < -0.39 is 5.97 Å². The fourth-order valence-electron chi connectivity index (χ4n) is 0.972. The second-order valence-electron chi connectivity index (χ2n) is 2.44. The van der Waals surface area contributed by atoms with Crippen molar-refractivity contribution in [3.63, 3.8) is 0 Å². The lowest BCUT2D eigenvalue weighted by Gasteiger charge is -2.21. The Morgan fingerprint density at radius 3 is 2.46 bits per heavy atom. The minimum Gasteiger partial charge on any atom is -0.480 e. The maximum Gasteiger partial charge on any atom is 0.323 e. The van der Waals surface area contributed by atoms with E-state index in [0.29, 0.717) is 6.54 Å². The lowest BCUT2D eigenvalue weighted by atomic mass is 10.3. The van der Waals surface area contributed by atoms with Gasteiger partial charge in [-0.3, -0.25) is 4.79 Å². The van der Waals surface area contributed by atoms with E-state index in [2.05, 4.69) is 13.2 Å². The van der Waals surface area contributed by atoms with Gasteiger partial charge in [-0.2, -0.15) is 0 Å². The lowest BCUT2D eigenvalue weighted by molar-refractivity contribution is -0.137. The molecule has 0 aromatic heterocycles. The first kappa shape index (κ1) is 11.5. The summed E-state index contributed by atoms with van der Waals surface area (Å²) in [6.07, 6.45) is 4.97. The van der Waals surface area contributed by atoms with Gasteiger partial charge < -0.3 is 10.0 Å². The zero-order valence-electron chi connectivity index (χ0n) is 7.86. The maximum atomic E-state index is 10.5. The van der Waals surface area contributed by atoms with Crippen molar-refractivity contribution in [3.8, 4) is 0 Å². The molecule has 0 radical (unpaired) electrons. The minimum atomic E-state index is -0.848. The zero-order chi connectivity index (χ0) is 10.3. The summed E-state index contributed by atoms with van der Waals surface area (Å²) >= 11 is 0. The average molecular weight is 181 g/mol. The van der Waals surface area contributed by atoms with Gasteiger partial charge in [0.15, 0.2) is 0 Å². The number of hydrogen-bond donors (Lipinski definition) is 1. The fourth-order valence-corrected chi connectivity index (χ4v) is 0.972. The van der Waals surface area contributed by atoms with Crippen molar-refractivity contribution in [1.29, 1.82) is 0 Å². The average Bonchev–Trinajstić information content (AvgIpc) is 2.10. The molecule has 13 heavy (non-hydrogen) atoms. The van der Waals surface area contributed by atoms with Gasteiger partial charge in [-0.25, -0.2) is 0 Å². The number of aliphatic carboxylic acids is 1. The molecule has 0 heterocycles. The second-order valence-corrected chi connectivity index (χ2v) is 2.44. The lowest BCUT2D eigenvalue weighted by Crippen LogP contribution is -2.28. The highest BCUT2D eigenvalue weighted by Crippen LogP contribution is 2.04. The summed E-state index contributed by atoms with van der Waals surface area (Å²) in [7, 11) is 0. The molecule has 0 amide bonds. The van der Waals surface area contributed by atoms with Gasteiger partial charge in [0.25, 0.3) is 0 Å². The molecule has 0 aliphatic carbocycles. The van der Waals surface area contributed by atoms with Crippen LogP contribution in [0.5, 0.6) is 0 Å². The Kier molecular flexibility index (Phi) is 5.35. The largest absolute Gasteiger partial charge is 0.480 e. The Balaban J connectivity index is 4.51. The van der Waals surface area contributed by atoms with Crippen LogP contribution in [0.15, 0.2) is 37.1 Å². The summed E-state index contributed by atoms with van der Waals surface area (Å²) in [5.41, 5.74) is 0.778. The van der Waals surface area contributed by atoms with Crippen molar-refractivity contribution in [2.75, 3.05) is 13.1 Å². The van der Waals surface area contributed by atoms with Crippen LogP contribution in [0.25, 0.3) is 0 Å². The molecule has 3 nitrogen and oxygen atoms in total. The highest BCUT2D eigenvalue weighted by atomic mass is 16.4. The van der Waals surface area contributed by atoms with Crippen molar-refractivity contribution in [3.05, 3.63) is 37.1 Å². The third-order valence-corrected chi connectivity index (χ3v) is 1.57. The molecule has 0 aromatic carbocycles. The fraction of sp³-hybridized carbons (Fsp3) is 0.300. The predicted molar refractivity (Wildman–Crippen MR) is 53.4 cm³/mol. The molecule has 0 saturated carbocycles. The van der Waals surface area contributed by atoms with Crippen LogP contribution in [0.1, 0.15) is 6.92 Å². The van der Waals surface area contributed by atoms with Crippen molar-refractivity contribution >= 4 is 5.97 Å². The van der Waals surface area contributed by atoms with Crippen LogP contribution in [0.2, 0.25) is 0 Å². The predicted octanol–water partition coefficient (Wildman–Crippen LogP) is 1.65. The Hall–Kier alpha value is -1.51. The van der Waals surface area contributed by atoms with E-state index in [1.54, 1.807) is 23.1 Å². The van der Waals surface area contributed by atoms with Crippen LogP contribution in [0.4, 0.5) is 0 Å². The van der Waals surface area contributed by atoms with Crippen LogP contribution in [-0.4, -0.2) is 29.1 Å². The number of hydrogen-bond acceptors (Lipinski definition) is 2. The van der Waals surface area contributed by atoms with Crippen LogP contribution in [0, 0.1) is 0 Å². The summed E-state index contributed by atoms with van der Waals surface area (Å²) in [6, 6.07) is 0. The Bertz CT molecular complexity index is 231. The Morgan fingerprint density at radius 1 is 1.54 bits per heavy atom. The second kappa shape index (κ2) is 6.06. The molecule has 0 bridgehead atoms. The van der Waals surface area contributed by atoms with E-state index in [9.17, 15) is 4.79 Å². The van der Waals surface area contributed by atoms with Gasteiger partial charge in [0.05, 0.1) is 0 Å². The van der Waals surface area contributed by atoms with E-state index >= 15 is 0 Å². The topological polar surface area (TPSA) is 40.5 Å². The van der Waals surface area contributed by atoms with Crippen LogP contribution >= 0.6 is 0 Å². The van der Waals surface area contributed by atoms with E-state index in [4.69, 9.17) is 5.11 Å². The number of likely N-dealkylation sites (N-methyl/N-ethyl adjacent to an activating group) is 1. The molecule has 0 saturated heterocycles. The van der Waals surface area contributed by atoms with Gasteiger partial charge in [0, 0.05) is 12.2 Å². The zero-order valence-corrected chi connectivity index (χ0v) is 7.86. The summed E-state index contributed by atoms with van der Waals surface area (Å²) in [5.74, 6) is -0.848. The van der Waals surface area contributed by atoms with Crippen molar-refractivity contribution in [2.24, 2.45) is 0 Å². The number of carboxylic acid groups (broad SMARTS) is 1. The normalized spacial score (nSPS) is 10.7. The molecular weight excluding hydrogens is 166 g/mol. The molecule has 72 valence electrons. The van der Waals surface area contributed by atoms with Gasteiger partial charge >= 0.3 is 5.97 Å². The van der Waals surface area contributed by atoms with Crippen molar-refractivity contribution < 1.29 is 9.90 Å². The SMILES string of the molecule is C=C/C=C(\C=C)N(CC)CC(=O)O. The highest BCUT2D eigenvalue weighted by molar-refractivity contribution is 5.69. The smallest absolute Gasteiger partial charge is 0.323 e. The van der Waals surface area contributed by atoms with Gasteiger partial charge in [0.2, 0.25) is 0 Å². The molecule has 0 aliphatic heterocycles. The first-order valence-electron chi connectivity index (χ1n) is 4.07. The standard InChI is InChI=1S/C10H15NO2/c1-4-7-9(5-2)11(6-3)8-10(12)13/h4-5,7H,1-2,6,8H2,3H3,(H,12,13)/b9-7+. The maximum absolute atomic E-state index is 10.5. The number of carbonyl (C=O) groups is 1. The number of carboxylic acids is 1. The third-order valence-electron chi connectivity index (χ3n) is 1.57. The quantitative estimate of drug-likeness (QED) is 0.633. The summed E-state index contributed by atoms with van der Waals surface area (Å²) in [4.78, 5) is 12.2. The van der Waals surface area contributed by atoms with Crippen molar-refractivity contribution in [2.45, 2.75) is 6.92 Å². The third kappa shape index (κ3) is 4.15. The Morgan fingerprint density at radius 2 is 2.15 bits per heavy atom. The van der Waals surface area contributed by atoms with E-state index in [1.807, 2.05) is 6.92 Å². The molecular formula is C10H15NO2. The molecule has 3 heteroatoms. The van der Waals surface area contributed by atoms with Crippen LogP contribution in [-0.2, 0) is 4.79 Å².